The second kappa shape index (κ2) is 5.29. The molecule has 1 amide bonds. The lowest BCUT2D eigenvalue weighted by Gasteiger charge is -2.25. The Labute approximate surface area is 109 Å². The summed E-state index contributed by atoms with van der Waals surface area (Å²) >= 11 is 4.98. The Kier molecular flexibility index (Phi) is 4.52. The van der Waals surface area contributed by atoms with E-state index in [9.17, 15) is 4.79 Å². The number of amides is 1. The molecule has 0 bridgehead atoms. The van der Waals surface area contributed by atoms with E-state index >= 15 is 0 Å². The molecule has 0 spiro atoms. The van der Waals surface area contributed by atoms with Crippen molar-refractivity contribution in [1.29, 1.82) is 0 Å². The Morgan fingerprint density at radius 3 is 2.69 bits per heavy atom. The third kappa shape index (κ3) is 3.88. The summed E-state index contributed by atoms with van der Waals surface area (Å²) in [6.07, 6.45) is 0. The zero-order chi connectivity index (χ0) is 12.3. The van der Waals surface area contributed by atoms with Crippen molar-refractivity contribution in [2.24, 2.45) is 11.1 Å². The molecule has 0 fully saturated rings. The van der Waals surface area contributed by atoms with Crippen LogP contribution in [-0.2, 0) is 11.3 Å². The van der Waals surface area contributed by atoms with Crippen molar-refractivity contribution >= 4 is 33.2 Å². The molecule has 3 N–H and O–H groups in total. The molecule has 0 aromatic carbocycles. The van der Waals surface area contributed by atoms with Crippen LogP contribution in [0.25, 0.3) is 0 Å². The first-order chi connectivity index (χ1) is 7.30. The van der Waals surface area contributed by atoms with Crippen molar-refractivity contribution in [2.75, 3.05) is 0 Å². The number of carbonyl (C=O) groups excluding carboxylic acids is 1. The average molecular weight is 305 g/mol. The summed E-state index contributed by atoms with van der Waals surface area (Å²) in [5, 5.41) is 4.84. The highest BCUT2D eigenvalue weighted by Gasteiger charge is 2.27. The monoisotopic (exact) mass is 304 g/mol. The number of nitrogens with two attached hydrogens (primary N) is 1. The number of thiophene rings is 1. The second-order valence-corrected chi connectivity index (χ2v) is 6.70. The first-order valence-corrected chi connectivity index (χ1v) is 6.74. The van der Waals surface area contributed by atoms with Crippen molar-refractivity contribution in [2.45, 2.75) is 33.4 Å². The van der Waals surface area contributed by atoms with E-state index in [0.717, 1.165) is 9.35 Å². The summed E-state index contributed by atoms with van der Waals surface area (Å²) in [6.45, 7) is 6.41. The molecule has 0 saturated heterocycles. The van der Waals surface area contributed by atoms with Crippen LogP contribution in [0.15, 0.2) is 15.9 Å². The zero-order valence-electron chi connectivity index (χ0n) is 9.71. The van der Waals surface area contributed by atoms with E-state index < -0.39 is 6.04 Å². The van der Waals surface area contributed by atoms with Gasteiger partial charge in [-0.2, -0.15) is 0 Å². The summed E-state index contributed by atoms with van der Waals surface area (Å²) < 4.78 is 1.04. The van der Waals surface area contributed by atoms with Gasteiger partial charge in [-0.1, -0.05) is 20.8 Å². The fourth-order valence-electron chi connectivity index (χ4n) is 1.12. The molecular formula is C11H17BrN2OS. The van der Waals surface area contributed by atoms with E-state index in [1.54, 1.807) is 11.3 Å². The highest BCUT2D eigenvalue weighted by molar-refractivity contribution is 9.10. The van der Waals surface area contributed by atoms with E-state index in [4.69, 9.17) is 5.73 Å². The molecule has 0 aliphatic carbocycles. The lowest BCUT2D eigenvalue weighted by atomic mass is 9.87. The van der Waals surface area contributed by atoms with Gasteiger partial charge in [-0.15, -0.1) is 11.3 Å². The lowest BCUT2D eigenvalue weighted by molar-refractivity contribution is -0.124. The van der Waals surface area contributed by atoms with Gasteiger partial charge in [0.2, 0.25) is 5.91 Å². The minimum atomic E-state index is -0.476. The molecule has 1 heterocycles. The molecule has 0 saturated carbocycles. The van der Waals surface area contributed by atoms with Gasteiger partial charge < -0.3 is 11.1 Å². The minimum absolute atomic E-state index is 0.1000. The SMILES string of the molecule is CC(C)(C)C(N)C(=O)NCc1cc(Br)cs1. The molecule has 3 nitrogen and oxygen atoms in total. The van der Waals surface area contributed by atoms with Crippen LogP contribution in [0, 0.1) is 5.41 Å². The molecule has 5 heteroatoms. The van der Waals surface area contributed by atoms with Crippen molar-refractivity contribution in [1.82, 2.24) is 5.32 Å². The Morgan fingerprint density at radius 2 is 2.25 bits per heavy atom. The summed E-state index contributed by atoms with van der Waals surface area (Å²) in [6, 6.07) is 1.52. The Hall–Kier alpha value is -0.390. The summed E-state index contributed by atoms with van der Waals surface area (Å²) in [4.78, 5) is 12.8. The summed E-state index contributed by atoms with van der Waals surface area (Å²) in [7, 11) is 0. The maximum atomic E-state index is 11.7. The zero-order valence-corrected chi connectivity index (χ0v) is 12.1. The van der Waals surface area contributed by atoms with E-state index in [0.29, 0.717) is 6.54 Å². The third-order valence-electron chi connectivity index (χ3n) is 2.27. The van der Waals surface area contributed by atoms with Crippen LogP contribution in [0.5, 0.6) is 0 Å². The number of halogens is 1. The van der Waals surface area contributed by atoms with Crippen molar-refractivity contribution in [3.05, 3.63) is 20.8 Å². The van der Waals surface area contributed by atoms with Gasteiger partial charge in [0.1, 0.15) is 0 Å². The number of nitrogens with one attached hydrogen (secondary N) is 1. The minimum Gasteiger partial charge on any atom is -0.350 e. The molecule has 16 heavy (non-hydrogen) atoms. The first kappa shape index (κ1) is 13.7. The highest BCUT2D eigenvalue weighted by Crippen LogP contribution is 2.20. The third-order valence-corrected chi connectivity index (χ3v) is 3.97. The van der Waals surface area contributed by atoms with Crippen molar-refractivity contribution in [3.63, 3.8) is 0 Å². The molecular weight excluding hydrogens is 288 g/mol. The lowest BCUT2D eigenvalue weighted by Crippen LogP contribution is -2.48. The van der Waals surface area contributed by atoms with E-state index in [-0.39, 0.29) is 11.3 Å². The van der Waals surface area contributed by atoms with Crippen molar-refractivity contribution in [3.8, 4) is 0 Å². The average Bonchev–Trinajstić information content (AvgIpc) is 2.58. The van der Waals surface area contributed by atoms with Crippen molar-refractivity contribution < 1.29 is 4.79 Å². The fourth-order valence-corrected chi connectivity index (χ4v) is 2.51. The number of hydrogen-bond donors (Lipinski definition) is 2. The van der Waals surface area contributed by atoms with Gasteiger partial charge in [-0.3, -0.25) is 4.79 Å². The van der Waals surface area contributed by atoms with Crippen LogP contribution in [0.4, 0.5) is 0 Å². The first-order valence-electron chi connectivity index (χ1n) is 5.07. The second-order valence-electron chi connectivity index (χ2n) is 4.79. The molecule has 0 aliphatic heterocycles. The van der Waals surface area contributed by atoms with Gasteiger partial charge in [0, 0.05) is 14.7 Å². The molecule has 0 aliphatic rings. The van der Waals surface area contributed by atoms with Crippen LogP contribution >= 0.6 is 27.3 Å². The van der Waals surface area contributed by atoms with Crippen LogP contribution in [0.3, 0.4) is 0 Å². The Balaban J connectivity index is 2.47. The van der Waals surface area contributed by atoms with Crippen LogP contribution in [0.1, 0.15) is 25.6 Å². The Bertz CT molecular complexity index is 370. The smallest absolute Gasteiger partial charge is 0.237 e. The van der Waals surface area contributed by atoms with Crippen LogP contribution < -0.4 is 11.1 Å². The summed E-state index contributed by atoms with van der Waals surface area (Å²) in [5.74, 6) is -0.1000. The molecule has 0 radical (unpaired) electrons. The van der Waals surface area contributed by atoms with Gasteiger partial charge in [-0.25, -0.2) is 0 Å². The molecule has 90 valence electrons. The maximum absolute atomic E-state index is 11.7. The number of hydrogen-bond acceptors (Lipinski definition) is 3. The maximum Gasteiger partial charge on any atom is 0.237 e. The van der Waals surface area contributed by atoms with Gasteiger partial charge in [0.25, 0.3) is 0 Å². The fraction of sp³-hybridized carbons (Fsp3) is 0.545. The summed E-state index contributed by atoms with van der Waals surface area (Å²) in [5.41, 5.74) is 5.64. The predicted molar refractivity (Wildman–Crippen MR) is 71.3 cm³/mol. The predicted octanol–water partition coefficient (Wildman–Crippen LogP) is 2.50. The van der Waals surface area contributed by atoms with Gasteiger partial charge in [0.05, 0.1) is 12.6 Å². The highest BCUT2D eigenvalue weighted by atomic mass is 79.9. The standard InChI is InChI=1S/C11H17BrN2OS/c1-11(2,3)9(13)10(15)14-5-8-4-7(12)6-16-8/h4,6,9H,5,13H2,1-3H3,(H,14,15). The van der Waals surface area contributed by atoms with E-state index in [1.165, 1.54) is 0 Å². The molecule has 1 aromatic heterocycles. The van der Waals surface area contributed by atoms with Gasteiger partial charge >= 0.3 is 0 Å². The van der Waals surface area contributed by atoms with Gasteiger partial charge in [0.15, 0.2) is 0 Å². The topological polar surface area (TPSA) is 55.1 Å². The Morgan fingerprint density at radius 1 is 1.62 bits per heavy atom. The number of rotatable bonds is 3. The van der Waals surface area contributed by atoms with Crippen LogP contribution in [-0.4, -0.2) is 11.9 Å². The normalized spacial score (nSPS) is 13.6. The van der Waals surface area contributed by atoms with E-state index in [2.05, 4.69) is 21.2 Å². The molecule has 1 unspecified atom stereocenters. The molecule has 1 rings (SSSR count). The molecule has 1 atom stereocenters. The number of carbonyl (C=O) groups is 1. The molecule has 1 aromatic rings. The van der Waals surface area contributed by atoms with E-state index in [1.807, 2.05) is 32.2 Å². The van der Waals surface area contributed by atoms with Crippen LogP contribution in [0.2, 0.25) is 0 Å². The quantitative estimate of drug-likeness (QED) is 0.901. The van der Waals surface area contributed by atoms with Gasteiger partial charge in [-0.05, 0) is 27.4 Å². The largest absolute Gasteiger partial charge is 0.350 e.